The average molecular weight is 425 g/mol. The van der Waals surface area contributed by atoms with Crippen molar-refractivity contribution in [1.82, 2.24) is 4.98 Å². The summed E-state index contributed by atoms with van der Waals surface area (Å²) in [7, 11) is 0. The number of nitrogens with zero attached hydrogens (tertiary/aromatic N) is 2. The van der Waals surface area contributed by atoms with E-state index in [9.17, 15) is 14.7 Å². The van der Waals surface area contributed by atoms with Gasteiger partial charge >= 0.3 is 0 Å². The van der Waals surface area contributed by atoms with E-state index in [2.05, 4.69) is 4.98 Å². The molecule has 1 atom stereocenters. The summed E-state index contributed by atoms with van der Waals surface area (Å²) in [5.74, 6) is -1.39. The number of carbonyl (C=O) groups is 2. The van der Waals surface area contributed by atoms with E-state index in [4.69, 9.17) is 0 Å². The molecule has 148 valence electrons. The minimum Gasteiger partial charge on any atom is -0.503 e. The Morgan fingerprint density at radius 1 is 1.14 bits per heavy atom. The summed E-state index contributed by atoms with van der Waals surface area (Å²) in [5, 5.41) is 13.5. The van der Waals surface area contributed by atoms with Gasteiger partial charge in [-0.25, -0.2) is 4.98 Å². The van der Waals surface area contributed by atoms with Crippen LogP contribution in [0.15, 0.2) is 47.0 Å². The molecule has 4 rings (SSSR count). The first-order valence-electron chi connectivity index (χ1n) is 9.15. The number of carbonyl (C=O) groups excluding carboxylic acids is 2. The summed E-state index contributed by atoms with van der Waals surface area (Å²) >= 11 is 2.73. The largest absolute Gasteiger partial charge is 0.503 e. The number of aliphatic hydroxyl groups is 1. The Kier molecular flexibility index (Phi) is 4.88. The molecule has 7 heteroatoms. The van der Waals surface area contributed by atoms with Gasteiger partial charge in [0.2, 0.25) is 5.78 Å². The summed E-state index contributed by atoms with van der Waals surface area (Å²) in [4.78, 5) is 33.7. The Morgan fingerprint density at radius 2 is 1.83 bits per heavy atom. The van der Waals surface area contributed by atoms with Gasteiger partial charge in [-0.2, -0.15) is 0 Å². The Bertz CT molecular complexity index is 1140. The molecule has 1 aliphatic rings. The molecule has 2 aromatic heterocycles. The lowest BCUT2D eigenvalue weighted by Crippen LogP contribution is -2.30. The number of thiazole rings is 1. The first-order chi connectivity index (χ1) is 13.8. The second kappa shape index (κ2) is 7.24. The normalized spacial score (nSPS) is 16.8. The van der Waals surface area contributed by atoms with Crippen molar-refractivity contribution in [2.24, 2.45) is 0 Å². The highest BCUT2D eigenvalue weighted by Gasteiger charge is 2.45. The predicted molar refractivity (Wildman–Crippen MR) is 116 cm³/mol. The van der Waals surface area contributed by atoms with Crippen molar-refractivity contribution in [2.45, 2.75) is 33.7 Å². The molecular weight excluding hydrogens is 404 g/mol. The van der Waals surface area contributed by atoms with Gasteiger partial charge in [-0.3, -0.25) is 14.5 Å². The third-order valence-corrected chi connectivity index (χ3v) is 6.86. The van der Waals surface area contributed by atoms with Gasteiger partial charge in [-0.05, 0) is 62.4 Å². The first-order valence-corrected chi connectivity index (χ1v) is 10.8. The monoisotopic (exact) mass is 424 g/mol. The molecule has 29 heavy (non-hydrogen) atoms. The van der Waals surface area contributed by atoms with Crippen LogP contribution in [0.2, 0.25) is 0 Å². The SMILES string of the molecule is Cc1cc(C)cc(N2C(=O)C(O)=C(C(=O)c3sc(C)nc3C)C2c2cccs2)c1. The minimum absolute atomic E-state index is 0.114. The fourth-order valence-corrected chi connectivity index (χ4v) is 5.47. The van der Waals surface area contributed by atoms with Crippen LogP contribution < -0.4 is 4.90 Å². The van der Waals surface area contributed by atoms with Crippen LogP contribution in [-0.2, 0) is 4.79 Å². The summed E-state index contributed by atoms with van der Waals surface area (Å²) in [6.07, 6.45) is 0. The fraction of sp³-hybridized carbons (Fsp3) is 0.227. The molecule has 3 aromatic rings. The number of aliphatic hydroxyl groups excluding tert-OH is 1. The number of ketones is 1. The Balaban J connectivity index is 1.89. The average Bonchev–Trinajstić information content (AvgIpc) is 3.33. The first kappa shape index (κ1) is 19.5. The molecule has 5 nitrogen and oxygen atoms in total. The molecule has 0 saturated heterocycles. The van der Waals surface area contributed by atoms with Gasteiger partial charge < -0.3 is 5.11 Å². The Labute approximate surface area is 177 Å². The Morgan fingerprint density at radius 3 is 2.38 bits per heavy atom. The number of Topliss-reactive ketones (excluding diaryl/α,β-unsaturated/α-hetero) is 1. The van der Waals surface area contributed by atoms with E-state index in [0.717, 1.165) is 21.0 Å². The van der Waals surface area contributed by atoms with Crippen LogP contribution in [0.25, 0.3) is 0 Å². The number of hydrogen-bond acceptors (Lipinski definition) is 6. The van der Waals surface area contributed by atoms with Crippen LogP contribution in [0.4, 0.5) is 5.69 Å². The number of aryl methyl sites for hydroxylation is 4. The zero-order chi connectivity index (χ0) is 20.9. The molecule has 0 saturated carbocycles. The number of rotatable bonds is 4. The molecule has 0 spiro atoms. The number of anilines is 1. The maximum Gasteiger partial charge on any atom is 0.294 e. The zero-order valence-corrected chi connectivity index (χ0v) is 18.1. The van der Waals surface area contributed by atoms with Crippen LogP contribution in [0, 0.1) is 27.7 Å². The highest BCUT2D eigenvalue weighted by atomic mass is 32.1. The quantitative estimate of drug-likeness (QED) is 0.583. The van der Waals surface area contributed by atoms with Crippen molar-refractivity contribution >= 4 is 40.1 Å². The van der Waals surface area contributed by atoms with Crippen LogP contribution in [0.3, 0.4) is 0 Å². The van der Waals surface area contributed by atoms with E-state index in [1.807, 2.05) is 56.5 Å². The van der Waals surface area contributed by atoms with Crippen molar-refractivity contribution < 1.29 is 14.7 Å². The van der Waals surface area contributed by atoms with Crippen LogP contribution in [0.1, 0.15) is 42.4 Å². The standard InChI is InChI=1S/C22H20N2O3S2/c1-11-8-12(2)10-15(9-11)24-18(16-6-5-7-28-16)17(20(26)22(24)27)19(25)21-13(3)23-14(4)29-21/h5-10,18,26H,1-4H3. The molecule has 1 amide bonds. The van der Waals surface area contributed by atoms with Crippen LogP contribution >= 0.6 is 22.7 Å². The summed E-state index contributed by atoms with van der Waals surface area (Å²) in [6, 6.07) is 8.91. The van der Waals surface area contributed by atoms with Gasteiger partial charge in [0.1, 0.15) is 6.04 Å². The molecule has 1 N–H and O–H groups in total. The second-order valence-electron chi connectivity index (χ2n) is 7.18. The maximum absolute atomic E-state index is 13.4. The van der Waals surface area contributed by atoms with Crippen molar-refractivity contribution in [2.75, 3.05) is 4.90 Å². The van der Waals surface area contributed by atoms with Gasteiger partial charge in [0, 0.05) is 10.6 Å². The molecule has 0 fully saturated rings. The molecule has 0 aliphatic carbocycles. The van der Waals surface area contributed by atoms with E-state index in [-0.39, 0.29) is 11.4 Å². The predicted octanol–water partition coefficient (Wildman–Crippen LogP) is 5.22. The number of aromatic nitrogens is 1. The smallest absolute Gasteiger partial charge is 0.294 e. The number of thiophene rings is 1. The summed E-state index contributed by atoms with van der Waals surface area (Å²) in [6.45, 7) is 7.52. The lowest BCUT2D eigenvalue weighted by molar-refractivity contribution is -0.117. The van der Waals surface area contributed by atoms with Crippen molar-refractivity contribution in [3.05, 3.63) is 78.6 Å². The van der Waals surface area contributed by atoms with Crippen LogP contribution in [0.5, 0.6) is 0 Å². The van der Waals surface area contributed by atoms with Gasteiger partial charge in [0.25, 0.3) is 5.91 Å². The van der Waals surface area contributed by atoms with E-state index in [1.54, 1.807) is 6.92 Å². The second-order valence-corrected chi connectivity index (χ2v) is 9.36. The van der Waals surface area contributed by atoms with Crippen molar-refractivity contribution in [1.29, 1.82) is 0 Å². The van der Waals surface area contributed by atoms with E-state index in [0.29, 0.717) is 16.3 Å². The van der Waals surface area contributed by atoms with E-state index in [1.165, 1.54) is 27.6 Å². The zero-order valence-electron chi connectivity index (χ0n) is 16.5. The third-order valence-electron chi connectivity index (χ3n) is 4.86. The molecule has 1 aromatic carbocycles. The Hall–Kier alpha value is -2.77. The van der Waals surface area contributed by atoms with Crippen molar-refractivity contribution in [3.63, 3.8) is 0 Å². The minimum atomic E-state index is -0.669. The molecule has 3 heterocycles. The molecule has 0 bridgehead atoms. The van der Waals surface area contributed by atoms with Gasteiger partial charge in [-0.1, -0.05) is 12.1 Å². The number of hydrogen-bond donors (Lipinski definition) is 1. The summed E-state index contributed by atoms with van der Waals surface area (Å²) < 4.78 is 0. The molecule has 1 unspecified atom stereocenters. The van der Waals surface area contributed by atoms with Crippen molar-refractivity contribution in [3.8, 4) is 0 Å². The third kappa shape index (κ3) is 3.30. The van der Waals surface area contributed by atoms with Crippen LogP contribution in [-0.4, -0.2) is 21.8 Å². The van der Waals surface area contributed by atoms with E-state index < -0.39 is 17.7 Å². The number of amides is 1. The van der Waals surface area contributed by atoms with Gasteiger partial charge in [-0.15, -0.1) is 22.7 Å². The number of benzene rings is 1. The molecule has 0 radical (unpaired) electrons. The lowest BCUT2D eigenvalue weighted by Gasteiger charge is -2.26. The van der Waals surface area contributed by atoms with E-state index >= 15 is 0 Å². The van der Waals surface area contributed by atoms with Gasteiger partial charge in [0.15, 0.2) is 5.76 Å². The fourth-order valence-electron chi connectivity index (χ4n) is 3.77. The maximum atomic E-state index is 13.4. The van der Waals surface area contributed by atoms with Gasteiger partial charge in [0.05, 0.1) is 21.2 Å². The topological polar surface area (TPSA) is 70.5 Å². The molecular formula is C22H20N2O3S2. The highest BCUT2D eigenvalue weighted by Crippen LogP contribution is 2.44. The lowest BCUT2D eigenvalue weighted by atomic mass is 9.99. The highest BCUT2D eigenvalue weighted by molar-refractivity contribution is 7.14. The summed E-state index contributed by atoms with van der Waals surface area (Å²) in [5.41, 5.74) is 3.40. The molecule has 1 aliphatic heterocycles.